The van der Waals surface area contributed by atoms with Crippen molar-refractivity contribution in [1.82, 2.24) is 9.78 Å². The van der Waals surface area contributed by atoms with Gasteiger partial charge < -0.3 is 15.8 Å². The van der Waals surface area contributed by atoms with Crippen LogP contribution in [-0.4, -0.2) is 40.8 Å². The molecule has 0 saturated carbocycles. The lowest BCUT2D eigenvalue weighted by atomic mass is 10.1. The van der Waals surface area contributed by atoms with Crippen molar-refractivity contribution in [2.45, 2.75) is 26.1 Å². The average Bonchev–Trinajstić information content (AvgIpc) is 2.96. The molecular weight excluding hydrogens is 471 g/mol. The number of amides is 2. The first-order valence-corrected chi connectivity index (χ1v) is 8.63. The maximum Gasteiger partial charge on any atom is 0.422 e. The van der Waals surface area contributed by atoms with Crippen molar-refractivity contribution >= 4 is 33.4 Å². The van der Waals surface area contributed by atoms with Crippen LogP contribution in [0.3, 0.4) is 0 Å². The number of carbonyl (C=O) groups excluding carboxylic acids is 2. The van der Waals surface area contributed by atoms with E-state index >= 15 is 0 Å². The van der Waals surface area contributed by atoms with E-state index in [4.69, 9.17) is 5.73 Å². The van der Waals surface area contributed by atoms with Gasteiger partial charge in [0.15, 0.2) is 6.61 Å². The lowest BCUT2D eigenvalue weighted by Gasteiger charge is -2.13. The first-order valence-electron chi connectivity index (χ1n) is 7.84. The predicted molar refractivity (Wildman–Crippen MR) is 95.1 cm³/mol. The molecule has 7 nitrogen and oxygen atoms in total. The van der Waals surface area contributed by atoms with Gasteiger partial charge in [-0.05, 0) is 24.6 Å². The number of aromatic nitrogens is 2. The maximum atomic E-state index is 12.8. The number of nitrogens with two attached hydrogens (primary N) is 1. The number of nitrogens with one attached hydrogen (secondary N) is 1. The van der Waals surface area contributed by atoms with E-state index < -0.39 is 49.1 Å². The molecule has 0 aliphatic rings. The molecule has 2 amide bonds. The van der Waals surface area contributed by atoms with Crippen LogP contribution in [0.1, 0.15) is 26.4 Å². The van der Waals surface area contributed by atoms with Crippen LogP contribution in [0, 0.1) is 6.92 Å². The Bertz CT molecular complexity index is 930. The second-order valence-corrected chi connectivity index (χ2v) is 6.72. The molecule has 1 heterocycles. The molecule has 2 rings (SSSR count). The van der Waals surface area contributed by atoms with Crippen LogP contribution in [0.4, 0.5) is 27.6 Å². The summed E-state index contributed by atoms with van der Waals surface area (Å²) in [5, 5.41) is 5.82. The van der Waals surface area contributed by atoms with Gasteiger partial charge in [0.1, 0.15) is 12.2 Å². The van der Waals surface area contributed by atoms with E-state index in [-0.39, 0.29) is 11.3 Å². The molecule has 0 saturated heterocycles. The molecule has 13 heteroatoms. The largest absolute Gasteiger partial charge is 0.467 e. The van der Waals surface area contributed by atoms with E-state index in [9.17, 15) is 31.5 Å². The molecule has 0 radical (unpaired) electrons. The molecule has 0 fully saturated rings. The zero-order chi connectivity index (χ0) is 21.9. The quantitative estimate of drug-likeness (QED) is 0.587. The van der Waals surface area contributed by atoms with Crippen LogP contribution < -0.4 is 15.8 Å². The van der Waals surface area contributed by atoms with E-state index in [0.29, 0.717) is 14.7 Å². The van der Waals surface area contributed by atoms with Crippen LogP contribution in [0.5, 0.6) is 5.88 Å². The summed E-state index contributed by atoms with van der Waals surface area (Å²) in [5.41, 5.74) is 5.20. The van der Waals surface area contributed by atoms with Crippen molar-refractivity contribution in [3.63, 3.8) is 0 Å². The van der Waals surface area contributed by atoms with Crippen molar-refractivity contribution in [1.29, 1.82) is 0 Å². The number of ether oxygens (including phenoxy) is 1. The molecule has 0 unspecified atom stereocenters. The third-order valence-corrected chi connectivity index (χ3v) is 3.95. The standard InChI is InChI=1S/C16H14BrF5N4O3/c1-7-2-8(17)3-9(14(23)27)13(7)24-15(28)10-4-12(29-6-16(20,21)22)25-26(10)5-11(18)19/h2-4,11H,5-6H2,1H3,(H2,23,27)(H,24,28). The monoisotopic (exact) mass is 484 g/mol. The van der Waals surface area contributed by atoms with Gasteiger partial charge in [-0.3, -0.25) is 14.3 Å². The van der Waals surface area contributed by atoms with Gasteiger partial charge in [0, 0.05) is 10.5 Å². The number of rotatable bonds is 7. The molecule has 29 heavy (non-hydrogen) atoms. The molecule has 158 valence electrons. The fourth-order valence-corrected chi connectivity index (χ4v) is 2.93. The average molecular weight is 485 g/mol. The number of primary amides is 1. The summed E-state index contributed by atoms with van der Waals surface area (Å²) in [5.74, 6) is -2.51. The van der Waals surface area contributed by atoms with Crippen LogP contribution >= 0.6 is 15.9 Å². The second kappa shape index (κ2) is 8.76. The normalized spacial score (nSPS) is 11.6. The predicted octanol–water partition coefficient (Wildman–Crippen LogP) is 3.51. The van der Waals surface area contributed by atoms with Gasteiger partial charge in [-0.1, -0.05) is 15.9 Å². The third-order valence-electron chi connectivity index (χ3n) is 3.49. The highest BCUT2D eigenvalue weighted by atomic mass is 79.9. The van der Waals surface area contributed by atoms with E-state index in [2.05, 4.69) is 31.1 Å². The molecule has 0 atom stereocenters. The summed E-state index contributed by atoms with van der Waals surface area (Å²) < 4.78 is 67.9. The maximum absolute atomic E-state index is 12.8. The highest BCUT2D eigenvalue weighted by Crippen LogP contribution is 2.27. The van der Waals surface area contributed by atoms with E-state index in [1.807, 2.05) is 0 Å². The number of anilines is 1. The number of alkyl halides is 5. The van der Waals surface area contributed by atoms with Gasteiger partial charge in [0.2, 0.25) is 5.88 Å². The van der Waals surface area contributed by atoms with Gasteiger partial charge in [0.25, 0.3) is 18.2 Å². The van der Waals surface area contributed by atoms with Crippen molar-refractivity contribution in [3.8, 4) is 5.88 Å². The van der Waals surface area contributed by atoms with Crippen LogP contribution in [0.25, 0.3) is 0 Å². The topological polar surface area (TPSA) is 99.2 Å². The minimum atomic E-state index is -4.68. The summed E-state index contributed by atoms with van der Waals surface area (Å²) in [7, 11) is 0. The molecule has 1 aromatic carbocycles. The van der Waals surface area contributed by atoms with Crippen LogP contribution in [0.15, 0.2) is 22.7 Å². The Labute approximate surface area is 169 Å². The van der Waals surface area contributed by atoms with Gasteiger partial charge in [-0.25, -0.2) is 8.78 Å². The second-order valence-electron chi connectivity index (χ2n) is 5.81. The number of halogens is 6. The van der Waals surface area contributed by atoms with E-state index in [1.165, 1.54) is 6.07 Å². The van der Waals surface area contributed by atoms with Crippen molar-refractivity contribution in [2.24, 2.45) is 5.73 Å². The van der Waals surface area contributed by atoms with Crippen molar-refractivity contribution in [3.05, 3.63) is 39.5 Å². The number of hydrogen-bond donors (Lipinski definition) is 2. The number of hydrogen-bond acceptors (Lipinski definition) is 4. The Morgan fingerprint density at radius 2 is 1.97 bits per heavy atom. The smallest absolute Gasteiger partial charge is 0.422 e. The molecule has 0 aliphatic carbocycles. The SMILES string of the molecule is Cc1cc(Br)cc(C(N)=O)c1NC(=O)c1cc(OCC(F)(F)F)nn1CC(F)F. The fraction of sp³-hybridized carbons (Fsp3) is 0.312. The van der Waals surface area contributed by atoms with E-state index in [1.54, 1.807) is 13.0 Å². The zero-order valence-electron chi connectivity index (χ0n) is 14.7. The summed E-state index contributed by atoms with van der Waals surface area (Å²) in [6, 6.07) is 3.71. The van der Waals surface area contributed by atoms with Gasteiger partial charge in [-0.15, -0.1) is 5.10 Å². The fourth-order valence-electron chi connectivity index (χ4n) is 2.35. The summed E-state index contributed by atoms with van der Waals surface area (Å²) in [4.78, 5) is 24.2. The Morgan fingerprint density at radius 1 is 1.31 bits per heavy atom. The van der Waals surface area contributed by atoms with Crippen LogP contribution in [0.2, 0.25) is 0 Å². The number of benzene rings is 1. The molecule has 0 aliphatic heterocycles. The van der Waals surface area contributed by atoms with Gasteiger partial charge >= 0.3 is 6.18 Å². The Balaban J connectivity index is 2.37. The highest BCUT2D eigenvalue weighted by molar-refractivity contribution is 9.10. The minimum Gasteiger partial charge on any atom is -0.467 e. The summed E-state index contributed by atoms with van der Waals surface area (Å²) >= 11 is 3.18. The Hall–Kier alpha value is -2.70. The highest BCUT2D eigenvalue weighted by Gasteiger charge is 2.30. The Kier molecular flexibility index (Phi) is 6.82. The summed E-state index contributed by atoms with van der Waals surface area (Å²) in [6.45, 7) is -1.21. The number of carbonyl (C=O) groups is 2. The third kappa shape index (κ3) is 6.14. The zero-order valence-corrected chi connectivity index (χ0v) is 16.3. The lowest BCUT2D eigenvalue weighted by Crippen LogP contribution is -2.23. The summed E-state index contributed by atoms with van der Waals surface area (Å²) in [6.07, 6.45) is -7.62. The lowest BCUT2D eigenvalue weighted by molar-refractivity contribution is -0.154. The molecule has 3 N–H and O–H groups in total. The van der Waals surface area contributed by atoms with Crippen LogP contribution in [-0.2, 0) is 6.54 Å². The molecular formula is C16H14BrF5N4O3. The van der Waals surface area contributed by atoms with Gasteiger partial charge in [-0.2, -0.15) is 13.2 Å². The molecule has 0 spiro atoms. The Morgan fingerprint density at radius 3 is 2.52 bits per heavy atom. The van der Waals surface area contributed by atoms with E-state index in [0.717, 1.165) is 6.07 Å². The number of aryl methyl sites for hydroxylation is 1. The van der Waals surface area contributed by atoms with Gasteiger partial charge in [0.05, 0.1) is 11.3 Å². The molecule has 1 aromatic heterocycles. The van der Waals surface area contributed by atoms with Crippen molar-refractivity contribution in [2.75, 3.05) is 11.9 Å². The molecule has 0 bridgehead atoms. The van der Waals surface area contributed by atoms with Crippen molar-refractivity contribution < 1.29 is 36.3 Å². The minimum absolute atomic E-state index is 0.0215. The first-order chi connectivity index (χ1) is 13.4. The first kappa shape index (κ1) is 22.6. The number of nitrogens with zero attached hydrogens (tertiary/aromatic N) is 2. The molecule has 2 aromatic rings.